The zero-order valence-electron chi connectivity index (χ0n) is 4.65. The van der Waals surface area contributed by atoms with Gasteiger partial charge in [0.1, 0.15) is 0 Å². The zero-order chi connectivity index (χ0) is 5.70. The number of hydrogen-bond donors (Lipinski definition) is 0. The topological polar surface area (TPSA) is 0 Å². The molecule has 0 nitrogen and oxygen atoms in total. The van der Waals surface area contributed by atoms with E-state index in [1.807, 2.05) is 13.0 Å². The van der Waals surface area contributed by atoms with Crippen LogP contribution in [-0.2, 0) is 0 Å². The molecule has 0 heteroatoms. The van der Waals surface area contributed by atoms with Crippen LogP contribution in [0.1, 0.15) is 14.4 Å². The van der Waals surface area contributed by atoms with Gasteiger partial charge in [0.25, 0.3) is 0 Å². The predicted octanol–water partition coefficient (Wildman–Crippen LogP) is 2.94. The molecule has 0 atom stereocenters. The second-order valence-corrected chi connectivity index (χ2v) is 1.35. The van der Waals surface area contributed by atoms with Crippen molar-refractivity contribution in [1.82, 2.24) is 0 Å². The lowest BCUT2D eigenvalue weighted by atomic mass is 10.3. The van der Waals surface area contributed by atoms with Gasteiger partial charge in [0, 0.05) is 0 Å². The molecule has 0 aliphatic carbocycles. The molecule has 0 spiro atoms. The lowest BCUT2D eigenvalue weighted by molar-refractivity contribution is 1.54. The molecular formula is C8H14. The van der Waals surface area contributed by atoms with E-state index in [0.717, 1.165) is 5.57 Å². The van der Waals surface area contributed by atoms with E-state index in [1.165, 1.54) is 0 Å². The number of rotatable bonds is 2. The van der Waals surface area contributed by atoms with Crippen LogP contribution < -0.4 is 0 Å². The Bertz CT molecular complexity index is 96.6. The average Bonchev–Trinajstić information content (AvgIpc) is 1.68. The highest BCUT2D eigenvalue weighted by molar-refractivity contribution is 5.17. The fourth-order valence-electron chi connectivity index (χ4n) is 0.254. The fourth-order valence-corrected chi connectivity index (χ4v) is 0.254. The zero-order valence-corrected chi connectivity index (χ0v) is 4.65. The van der Waals surface area contributed by atoms with Gasteiger partial charge in [-0.3, -0.25) is 0 Å². The number of hydrogen-bond acceptors (Lipinski definition) is 0. The van der Waals surface area contributed by atoms with Crippen molar-refractivity contribution in [2.24, 2.45) is 0 Å². The molecule has 0 aliphatic heterocycles. The molecule has 0 aromatic carbocycles. The Balaban J connectivity index is 0. The molecule has 0 rings (SSSR count). The van der Waals surface area contributed by atoms with Crippen molar-refractivity contribution < 1.29 is 0 Å². The fraction of sp³-hybridized carbons (Fsp3) is 0.250. The molecule has 0 amide bonds. The largest absolute Gasteiger partial charge is 0.0991 e. The Hall–Kier alpha value is -0.780. The third kappa shape index (κ3) is 5.22. The summed E-state index contributed by atoms with van der Waals surface area (Å²) in [6.45, 7) is 9.07. The van der Waals surface area contributed by atoms with Crippen molar-refractivity contribution in [2.45, 2.75) is 14.4 Å². The summed E-state index contributed by atoms with van der Waals surface area (Å²) in [6, 6.07) is 0. The highest BCUT2D eigenvalue weighted by Crippen LogP contribution is 1.90. The van der Waals surface area contributed by atoms with E-state index in [9.17, 15) is 0 Å². The number of allylic oxidation sites excluding steroid dienone is 4. The van der Waals surface area contributed by atoms with Crippen molar-refractivity contribution in [3.63, 3.8) is 0 Å². The van der Waals surface area contributed by atoms with Crippen LogP contribution in [0.5, 0.6) is 0 Å². The average molecular weight is 110 g/mol. The Labute approximate surface area is 52.2 Å². The van der Waals surface area contributed by atoms with Gasteiger partial charge in [-0.15, -0.1) is 0 Å². The van der Waals surface area contributed by atoms with E-state index in [0.29, 0.717) is 0 Å². The lowest BCUT2D eigenvalue weighted by Gasteiger charge is -1.80. The Morgan fingerprint density at radius 3 is 2.00 bits per heavy atom. The molecule has 0 N–H and O–H groups in total. The maximum atomic E-state index is 3.56. The monoisotopic (exact) mass is 110 g/mol. The van der Waals surface area contributed by atoms with Gasteiger partial charge >= 0.3 is 0 Å². The first-order valence-corrected chi connectivity index (χ1v) is 2.23. The van der Waals surface area contributed by atoms with Crippen molar-refractivity contribution in [1.29, 1.82) is 0 Å². The van der Waals surface area contributed by atoms with Crippen LogP contribution in [0.15, 0.2) is 37.0 Å². The first-order chi connectivity index (χ1) is 3.31. The summed E-state index contributed by atoms with van der Waals surface area (Å²) in [5.74, 6) is 0. The van der Waals surface area contributed by atoms with E-state index in [4.69, 9.17) is 0 Å². The van der Waals surface area contributed by atoms with Crippen molar-refractivity contribution in [3.8, 4) is 0 Å². The second kappa shape index (κ2) is 6.22. The third-order valence-corrected chi connectivity index (χ3v) is 0.703. The summed E-state index contributed by atoms with van der Waals surface area (Å²) >= 11 is 0. The molecule has 0 aromatic rings. The molecule has 0 heterocycles. The summed E-state index contributed by atoms with van der Waals surface area (Å²) < 4.78 is 0. The summed E-state index contributed by atoms with van der Waals surface area (Å²) in [6.07, 6.45) is 5.45. The predicted molar refractivity (Wildman–Crippen MR) is 40.9 cm³/mol. The van der Waals surface area contributed by atoms with Crippen LogP contribution in [-0.4, -0.2) is 0 Å². The van der Waals surface area contributed by atoms with E-state index in [2.05, 4.69) is 13.2 Å². The minimum Gasteiger partial charge on any atom is -0.0991 e. The second-order valence-electron chi connectivity index (χ2n) is 1.35. The van der Waals surface area contributed by atoms with Crippen molar-refractivity contribution >= 4 is 0 Å². The minimum atomic E-state index is 0. The van der Waals surface area contributed by atoms with Crippen molar-refractivity contribution in [3.05, 3.63) is 37.0 Å². The third-order valence-electron chi connectivity index (χ3n) is 0.703. The Morgan fingerprint density at radius 2 is 1.88 bits per heavy atom. The highest BCUT2D eigenvalue weighted by Gasteiger charge is 1.68. The maximum Gasteiger partial charge on any atom is -0.0398 e. The maximum absolute atomic E-state index is 3.56. The molecule has 0 saturated heterocycles. The van der Waals surface area contributed by atoms with Crippen LogP contribution in [0.3, 0.4) is 0 Å². The van der Waals surface area contributed by atoms with Crippen LogP contribution in [0.25, 0.3) is 0 Å². The van der Waals surface area contributed by atoms with Crippen LogP contribution in [0.4, 0.5) is 0 Å². The molecule has 0 aliphatic rings. The SMILES string of the molecule is C.C=C/C=C(/C)C=C. The summed E-state index contributed by atoms with van der Waals surface area (Å²) in [5, 5.41) is 0. The molecule has 0 radical (unpaired) electrons. The smallest absolute Gasteiger partial charge is 0.0398 e. The molecule has 0 bridgehead atoms. The highest BCUT2D eigenvalue weighted by atomic mass is 13.8. The van der Waals surface area contributed by atoms with Gasteiger partial charge in [0.05, 0.1) is 0 Å². The van der Waals surface area contributed by atoms with Crippen LogP contribution in [0, 0.1) is 0 Å². The van der Waals surface area contributed by atoms with Gasteiger partial charge < -0.3 is 0 Å². The van der Waals surface area contributed by atoms with Gasteiger partial charge in [-0.25, -0.2) is 0 Å². The minimum absolute atomic E-state index is 0. The van der Waals surface area contributed by atoms with E-state index in [1.54, 1.807) is 12.2 Å². The standard InChI is InChI=1S/C7H10.CH4/c1-4-6-7(3)5-2;/h4-6H,1-2H2,3H3;1H4/b7-6-;. The molecule has 0 unspecified atom stereocenters. The quantitative estimate of drug-likeness (QED) is 0.479. The van der Waals surface area contributed by atoms with Gasteiger partial charge in [0.2, 0.25) is 0 Å². The molecular weight excluding hydrogens is 96.1 g/mol. The molecule has 0 fully saturated rings. The van der Waals surface area contributed by atoms with E-state index < -0.39 is 0 Å². The summed E-state index contributed by atoms with van der Waals surface area (Å²) in [5.41, 5.74) is 1.15. The van der Waals surface area contributed by atoms with Gasteiger partial charge in [-0.2, -0.15) is 0 Å². The summed E-state index contributed by atoms with van der Waals surface area (Å²) in [4.78, 5) is 0. The van der Waals surface area contributed by atoms with Crippen LogP contribution >= 0.6 is 0 Å². The first-order valence-electron chi connectivity index (χ1n) is 2.23. The first kappa shape index (κ1) is 10.3. The lowest BCUT2D eigenvalue weighted by Crippen LogP contribution is -1.58. The Kier molecular flexibility index (Phi) is 7.97. The molecule has 46 valence electrons. The van der Waals surface area contributed by atoms with E-state index >= 15 is 0 Å². The van der Waals surface area contributed by atoms with Crippen LogP contribution in [0.2, 0.25) is 0 Å². The van der Waals surface area contributed by atoms with Gasteiger partial charge in [-0.1, -0.05) is 44.4 Å². The van der Waals surface area contributed by atoms with Gasteiger partial charge in [-0.05, 0) is 6.92 Å². The molecule has 0 saturated carbocycles. The molecule has 8 heavy (non-hydrogen) atoms. The molecule has 0 aromatic heterocycles. The Morgan fingerprint density at radius 1 is 1.38 bits per heavy atom. The van der Waals surface area contributed by atoms with Gasteiger partial charge in [0.15, 0.2) is 0 Å². The van der Waals surface area contributed by atoms with Crippen molar-refractivity contribution in [2.75, 3.05) is 0 Å². The summed E-state index contributed by atoms with van der Waals surface area (Å²) in [7, 11) is 0. The van der Waals surface area contributed by atoms with E-state index in [-0.39, 0.29) is 7.43 Å². The normalized spacial score (nSPS) is 9.38.